The third-order valence-corrected chi connectivity index (χ3v) is 12.6. The average Bonchev–Trinajstić information content (AvgIpc) is 3.64. The molecule has 0 unspecified atom stereocenters. The van der Waals surface area contributed by atoms with Gasteiger partial charge in [0.05, 0.1) is 42.7 Å². The van der Waals surface area contributed by atoms with Crippen LogP contribution in [0.25, 0.3) is 0 Å². The highest BCUT2D eigenvalue weighted by Gasteiger charge is 2.44. The number of carboxylic acids is 1. The fourth-order valence-corrected chi connectivity index (χ4v) is 8.66. The zero-order valence-corrected chi connectivity index (χ0v) is 37.8. The van der Waals surface area contributed by atoms with E-state index in [9.17, 15) is 29.1 Å². The first kappa shape index (κ1) is 49.8. The Hall–Kier alpha value is -3.35. The standard InChI is InChI=1S/C45H76N4O8/c1-16-30(6)40(47(12)43(53)33(28(2)3)26-36(50)39(29(4)5)48(13)45(8,9)10)37(56-14)27-38(51)49-24-20-23-34(49)41(57-15)31(7)42(52)46(11)35(44(54)55)25-32-21-18-17-19-22-32/h17-19,21-22,28-31,33-35,37,39-41H,16,20,23-27H2,1-15H3,(H,54,55)/t30-,31+,33-,34-,35-,37+,39-,40-,41+/m0/s1. The summed E-state index contributed by atoms with van der Waals surface area (Å²) in [5.41, 5.74) is 0.576. The van der Waals surface area contributed by atoms with Gasteiger partial charge in [0.1, 0.15) is 6.04 Å². The number of methoxy groups -OCH3 is 2. The monoisotopic (exact) mass is 801 g/mol. The van der Waals surface area contributed by atoms with Crippen molar-refractivity contribution >= 4 is 29.5 Å². The van der Waals surface area contributed by atoms with Crippen LogP contribution >= 0.6 is 0 Å². The van der Waals surface area contributed by atoms with Crippen molar-refractivity contribution in [2.75, 3.05) is 41.9 Å². The minimum absolute atomic E-state index is 0.00747. The van der Waals surface area contributed by atoms with Crippen LogP contribution in [-0.2, 0) is 39.9 Å². The number of Topliss-reactive ketones (excluding diaryl/α,β-unsaturated/α-hetero) is 1. The van der Waals surface area contributed by atoms with Gasteiger partial charge in [-0.05, 0) is 64.0 Å². The molecule has 3 amide bonds. The van der Waals surface area contributed by atoms with Crippen molar-refractivity contribution in [3.8, 4) is 0 Å². The number of aliphatic carboxylic acids is 1. The third kappa shape index (κ3) is 12.8. The molecule has 1 aliphatic heterocycles. The van der Waals surface area contributed by atoms with Gasteiger partial charge in [0.15, 0.2) is 5.78 Å². The quantitative estimate of drug-likeness (QED) is 0.149. The summed E-state index contributed by atoms with van der Waals surface area (Å²) in [4.78, 5) is 75.9. The fraction of sp³-hybridized carbons (Fsp3) is 0.756. The fourth-order valence-electron chi connectivity index (χ4n) is 8.66. The Bertz CT molecular complexity index is 1460. The summed E-state index contributed by atoms with van der Waals surface area (Å²) in [5.74, 6) is -3.08. The topological polar surface area (TPSA) is 137 Å². The first-order chi connectivity index (χ1) is 26.5. The van der Waals surface area contributed by atoms with Gasteiger partial charge in [-0.15, -0.1) is 0 Å². The van der Waals surface area contributed by atoms with Crippen LogP contribution in [0.15, 0.2) is 30.3 Å². The molecule has 0 aliphatic carbocycles. The number of nitrogens with zero attached hydrogens (tertiary/aromatic N) is 4. The predicted octanol–water partition coefficient (Wildman–Crippen LogP) is 6.05. The molecule has 324 valence electrons. The first-order valence-electron chi connectivity index (χ1n) is 21.0. The lowest BCUT2D eigenvalue weighted by Gasteiger charge is -2.42. The van der Waals surface area contributed by atoms with Crippen LogP contribution in [-0.4, -0.2) is 138 Å². The molecule has 1 N–H and O–H groups in total. The molecule has 9 atom stereocenters. The van der Waals surface area contributed by atoms with E-state index in [1.54, 1.807) is 30.9 Å². The predicted molar refractivity (Wildman–Crippen MR) is 225 cm³/mol. The van der Waals surface area contributed by atoms with Gasteiger partial charge in [0.2, 0.25) is 17.7 Å². The maximum Gasteiger partial charge on any atom is 0.326 e. The summed E-state index contributed by atoms with van der Waals surface area (Å²) >= 11 is 0. The molecule has 0 radical (unpaired) electrons. The van der Waals surface area contributed by atoms with Crippen molar-refractivity contribution in [2.24, 2.45) is 29.6 Å². The van der Waals surface area contributed by atoms with Gasteiger partial charge in [0.25, 0.3) is 0 Å². The highest BCUT2D eigenvalue weighted by molar-refractivity contribution is 5.90. The summed E-state index contributed by atoms with van der Waals surface area (Å²) in [5, 5.41) is 10.1. The minimum atomic E-state index is -1.10. The van der Waals surface area contributed by atoms with Crippen molar-refractivity contribution in [1.29, 1.82) is 0 Å². The van der Waals surface area contributed by atoms with E-state index in [2.05, 4.69) is 32.6 Å². The molecule has 0 aromatic heterocycles. The van der Waals surface area contributed by atoms with E-state index < -0.39 is 48.1 Å². The Morgan fingerprint density at radius 2 is 1.46 bits per heavy atom. The Balaban J connectivity index is 2.33. The number of ether oxygens (including phenoxy) is 2. The molecule has 1 aliphatic rings. The molecule has 57 heavy (non-hydrogen) atoms. The lowest BCUT2D eigenvalue weighted by atomic mass is 9.83. The maximum absolute atomic E-state index is 14.5. The van der Waals surface area contributed by atoms with Gasteiger partial charge in [0, 0.05) is 59.2 Å². The molecule has 0 bridgehead atoms. The molecule has 1 saturated heterocycles. The van der Waals surface area contributed by atoms with Crippen LogP contribution in [0, 0.1) is 29.6 Å². The Morgan fingerprint density at radius 3 is 1.93 bits per heavy atom. The van der Waals surface area contributed by atoms with Crippen LogP contribution in [0.1, 0.15) is 107 Å². The van der Waals surface area contributed by atoms with Crippen LogP contribution in [0.2, 0.25) is 0 Å². The lowest BCUT2D eigenvalue weighted by molar-refractivity contribution is -0.154. The van der Waals surface area contributed by atoms with Crippen molar-refractivity contribution in [3.63, 3.8) is 0 Å². The zero-order valence-electron chi connectivity index (χ0n) is 37.8. The summed E-state index contributed by atoms with van der Waals surface area (Å²) in [6.45, 7) is 20.6. The number of rotatable bonds is 22. The maximum atomic E-state index is 14.5. The number of carbonyl (C=O) groups is 5. The van der Waals surface area contributed by atoms with Crippen molar-refractivity contribution in [3.05, 3.63) is 35.9 Å². The largest absolute Gasteiger partial charge is 0.480 e. The van der Waals surface area contributed by atoms with E-state index in [0.29, 0.717) is 13.0 Å². The van der Waals surface area contributed by atoms with Gasteiger partial charge in [-0.2, -0.15) is 0 Å². The first-order valence-corrected chi connectivity index (χ1v) is 21.0. The second-order valence-electron chi connectivity index (χ2n) is 18.1. The van der Waals surface area contributed by atoms with Crippen LogP contribution in [0.5, 0.6) is 0 Å². The number of amides is 3. The zero-order chi connectivity index (χ0) is 43.5. The van der Waals surface area contributed by atoms with Gasteiger partial charge in [-0.25, -0.2) is 4.79 Å². The number of carboxylic acid groups (broad SMARTS) is 1. The highest BCUT2D eigenvalue weighted by atomic mass is 16.5. The molecule has 1 aromatic rings. The smallest absolute Gasteiger partial charge is 0.326 e. The van der Waals surface area contributed by atoms with E-state index >= 15 is 0 Å². The number of hydrogen-bond donors (Lipinski definition) is 1. The number of likely N-dealkylation sites (tertiary alicyclic amines) is 1. The lowest BCUT2D eigenvalue weighted by Crippen LogP contribution is -2.55. The SMILES string of the molecule is CC[C@H](C)[C@@H]([C@@H](CC(=O)N1CCC[C@H]1[C@H](OC)[C@@H](C)C(=O)N(C)[C@@H](Cc1ccccc1)C(=O)O)OC)N(C)C(=O)[C@@H](CC(=O)[C@H](C(C)C)N(C)C(C)(C)C)C(C)C. The molecule has 0 saturated carbocycles. The van der Waals surface area contributed by atoms with Crippen molar-refractivity contribution in [2.45, 2.75) is 150 Å². The summed E-state index contributed by atoms with van der Waals surface area (Å²) in [6.07, 6.45) is 1.04. The van der Waals surface area contributed by atoms with E-state index in [4.69, 9.17) is 9.47 Å². The van der Waals surface area contributed by atoms with Crippen LogP contribution < -0.4 is 0 Å². The Kier molecular flexibility index (Phi) is 19.3. The molecular formula is C45H76N4O8. The van der Waals surface area contributed by atoms with E-state index in [-0.39, 0.29) is 72.1 Å². The summed E-state index contributed by atoms with van der Waals surface area (Å²) in [7, 11) is 8.33. The normalized spacial score (nSPS) is 19.1. The molecule has 12 heteroatoms. The number of ketones is 1. The number of hydrogen-bond acceptors (Lipinski definition) is 8. The van der Waals surface area contributed by atoms with Crippen LogP contribution in [0.3, 0.4) is 0 Å². The average molecular weight is 801 g/mol. The van der Waals surface area contributed by atoms with Gasteiger partial charge in [-0.3, -0.25) is 24.1 Å². The van der Waals surface area contributed by atoms with E-state index in [1.807, 2.05) is 72.0 Å². The highest BCUT2D eigenvalue weighted by Crippen LogP contribution is 2.32. The van der Waals surface area contributed by atoms with E-state index in [0.717, 1.165) is 18.4 Å². The third-order valence-electron chi connectivity index (χ3n) is 12.6. The molecule has 0 spiro atoms. The second-order valence-corrected chi connectivity index (χ2v) is 18.1. The second kappa shape index (κ2) is 22.1. The van der Waals surface area contributed by atoms with Gasteiger partial charge < -0.3 is 29.3 Å². The van der Waals surface area contributed by atoms with Crippen LogP contribution in [0.4, 0.5) is 0 Å². The van der Waals surface area contributed by atoms with Gasteiger partial charge in [-0.1, -0.05) is 85.2 Å². The van der Waals surface area contributed by atoms with Gasteiger partial charge >= 0.3 is 5.97 Å². The molecule has 1 heterocycles. The minimum Gasteiger partial charge on any atom is -0.480 e. The van der Waals surface area contributed by atoms with E-state index in [1.165, 1.54) is 19.1 Å². The number of likely N-dealkylation sites (N-methyl/N-ethyl adjacent to an activating group) is 3. The Morgan fingerprint density at radius 1 is 0.860 bits per heavy atom. The number of benzene rings is 1. The molecule has 1 fully saturated rings. The number of carbonyl (C=O) groups excluding carboxylic acids is 4. The Labute approximate surface area is 344 Å². The molecule has 12 nitrogen and oxygen atoms in total. The molecule has 1 aromatic carbocycles. The van der Waals surface area contributed by atoms with Crippen molar-refractivity contribution in [1.82, 2.24) is 19.6 Å². The molecule has 2 rings (SSSR count). The summed E-state index contributed by atoms with van der Waals surface area (Å²) in [6, 6.07) is 6.93. The molecular weight excluding hydrogens is 725 g/mol. The van der Waals surface area contributed by atoms with Crippen molar-refractivity contribution < 1.29 is 38.6 Å². The summed E-state index contributed by atoms with van der Waals surface area (Å²) < 4.78 is 12.0.